The zero-order chi connectivity index (χ0) is 27.7. The van der Waals surface area contributed by atoms with Crippen molar-refractivity contribution in [2.24, 2.45) is 4.99 Å². The van der Waals surface area contributed by atoms with Crippen LogP contribution in [-0.4, -0.2) is 63.2 Å². The number of non-ortho nitro benzene ring substituents is 1. The Hall–Kier alpha value is -4.45. The van der Waals surface area contributed by atoms with Crippen LogP contribution in [-0.2, 0) is 4.79 Å². The van der Waals surface area contributed by atoms with Crippen LogP contribution in [0.2, 0.25) is 5.02 Å². The Bertz CT molecular complexity index is 1430. The summed E-state index contributed by atoms with van der Waals surface area (Å²) in [6.45, 7) is 4.06. The van der Waals surface area contributed by atoms with Gasteiger partial charge in [0, 0.05) is 24.2 Å². The van der Waals surface area contributed by atoms with E-state index in [-0.39, 0.29) is 35.8 Å². The number of piperazine rings is 1. The number of hydrogen-bond acceptors (Lipinski definition) is 8. The van der Waals surface area contributed by atoms with E-state index in [2.05, 4.69) is 10.3 Å². The largest absolute Gasteiger partial charge is 0.490 e. The molecule has 0 radical (unpaired) electrons. The van der Waals surface area contributed by atoms with E-state index in [9.17, 15) is 19.7 Å². The fourth-order valence-corrected chi connectivity index (χ4v) is 4.77. The highest BCUT2D eigenvalue weighted by molar-refractivity contribution is 6.30. The lowest BCUT2D eigenvalue weighted by atomic mass is 9.97. The first-order valence-corrected chi connectivity index (χ1v) is 12.6. The van der Waals surface area contributed by atoms with Gasteiger partial charge in [-0.1, -0.05) is 23.7 Å². The number of aliphatic imine (C=N–C) groups is 1. The number of halogens is 1. The number of urea groups is 1. The molecule has 202 valence electrons. The second-order valence-corrected chi connectivity index (χ2v) is 9.76. The van der Waals surface area contributed by atoms with Crippen molar-refractivity contribution in [3.63, 3.8) is 0 Å². The summed E-state index contributed by atoms with van der Waals surface area (Å²) < 4.78 is 11.6. The molecular formula is C26H25ClN6O6. The lowest BCUT2D eigenvalue weighted by Crippen LogP contribution is -2.55. The second kappa shape index (κ2) is 10.7. The molecule has 5 rings (SSSR count). The van der Waals surface area contributed by atoms with Crippen molar-refractivity contribution in [2.45, 2.75) is 32.0 Å². The molecule has 2 atom stereocenters. The molecule has 1 fully saturated rings. The first-order valence-electron chi connectivity index (χ1n) is 12.2. The summed E-state index contributed by atoms with van der Waals surface area (Å²) in [7, 11) is 0. The number of rotatable bonds is 6. The van der Waals surface area contributed by atoms with Crippen LogP contribution in [0.15, 0.2) is 64.5 Å². The van der Waals surface area contributed by atoms with Crippen molar-refractivity contribution < 1.29 is 23.7 Å². The molecule has 39 heavy (non-hydrogen) atoms. The summed E-state index contributed by atoms with van der Waals surface area (Å²) in [4.78, 5) is 49.3. The zero-order valence-corrected chi connectivity index (χ0v) is 21.9. The quantitative estimate of drug-likeness (QED) is 0.358. The van der Waals surface area contributed by atoms with Gasteiger partial charge in [0.25, 0.3) is 5.69 Å². The van der Waals surface area contributed by atoms with Crippen molar-refractivity contribution in [1.29, 1.82) is 0 Å². The molecule has 0 aliphatic carbocycles. The van der Waals surface area contributed by atoms with Gasteiger partial charge in [0.2, 0.25) is 5.91 Å². The van der Waals surface area contributed by atoms with Crippen molar-refractivity contribution >= 4 is 35.1 Å². The van der Waals surface area contributed by atoms with E-state index in [4.69, 9.17) is 25.7 Å². The monoisotopic (exact) mass is 552 g/mol. The van der Waals surface area contributed by atoms with Crippen molar-refractivity contribution in [2.75, 3.05) is 19.6 Å². The third kappa shape index (κ3) is 5.28. The molecule has 3 amide bonds. The number of nitro benzene ring substituents is 1. The standard InChI is InChI=1S/C26H25ClN6O6/c1-15(2)39-20-11-18(33(36)37)7-8-19(20)25-30-23(21-12-28-14-38-21)24(16-3-5-17(27)6-4-16)32(25)26(35)31-10-9-29-22(34)13-31/h3-8,11-12,14-15,23-24H,9-10,13H2,1-2H3,(H,29,34)/t23-,24+/m0/s1. The van der Waals surface area contributed by atoms with E-state index in [1.54, 1.807) is 38.1 Å². The Morgan fingerprint density at radius 3 is 2.67 bits per heavy atom. The number of nitro groups is 1. The number of oxazole rings is 1. The molecule has 13 heteroatoms. The number of carbonyl (C=O) groups excluding carboxylic acids is 2. The van der Waals surface area contributed by atoms with E-state index in [1.807, 2.05) is 0 Å². The lowest BCUT2D eigenvalue weighted by molar-refractivity contribution is -0.384. The van der Waals surface area contributed by atoms with Crippen molar-refractivity contribution in [3.8, 4) is 5.75 Å². The maximum Gasteiger partial charge on any atom is 0.326 e. The minimum Gasteiger partial charge on any atom is -0.490 e. The fourth-order valence-electron chi connectivity index (χ4n) is 4.64. The van der Waals surface area contributed by atoms with Gasteiger partial charge in [-0.25, -0.2) is 9.78 Å². The highest BCUT2D eigenvalue weighted by Gasteiger charge is 2.46. The number of aromatic nitrogens is 1. The van der Waals surface area contributed by atoms with Crippen LogP contribution in [0.25, 0.3) is 0 Å². The summed E-state index contributed by atoms with van der Waals surface area (Å²) >= 11 is 6.16. The third-order valence-electron chi connectivity index (χ3n) is 6.32. The summed E-state index contributed by atoms with van der Waals surface area (Å²) in [6, 6.07) is 9.29. The lowest BCUT2D eigenvalue weighted by Gasteiger charge is -2.35. The minimum absolute atomic E-state index is 0.126. The Morgan fingerprint density at radius 1 is 1.26 bits per heavy atom. The SMILES string of the molecule is CC(C)Oc1cc([N+](=O)[O-])ccc1C1=N[C@@H](c2cnco2)[C@@H](c2ccc(Cl)cc2)N1C(=O)N1CCNC(=O)C1. The zero-order valence-electron chi connectivity index (χ0n) is 21.1. The molecule has 2 aliphatic heterocycles. The summed E-state index contributed by atoms with van der Waals surface area (Å²) in [6.07, 6.45) is 2.49. The first kappa shape index (κ1) is 26.2. The van der Waals surface area contributed by atoms with Gasteiger partial charge in [-0.05, 0) is 37.6 Å². The molecule has 0 unspecified atom stereocenters. The number of amides is 3. The average Bonchev–Trinajstić information content (AvgIpc) is 3.57. The molecule has 3 aromatic rings. The molecule has 0 saturated carbocycles. The van der Waals surface area contributed by atoms with Gasteiger partial charge in [-0.3, -0.25) is 24.8 Å². The van der Waals surface area contributed by atoms with Crippen LogP contribution < -0.4 is 10.1 Å². The fraction of sp³-hybridized carbons (Fsp3) is 0.308. The molecule has 0 spiro atoms. The number of benzene rings is 2. The Kier molecular flexibility index (Phi) is 7.20. The highest BCUT2D eigenvalue weighted by atomic mass is 35.5. The predicted octanol–water partition coefficient (Wildman–Crippen LogP) is 4.12. The van der Waals surface area contributed by atoms with Crippen LogP contribution in [0.4, 0.5) is 10.5 Å². The van der Waals surface area contributed by atoms with Gasteiger partial charge in [-0.2, -0.15) is 0 Å². The molecule has 2 aliphatic rings. The number of hydrogen-bond donors (Lipinski definition) is 1. The summed E-state index contributed by atoms with van der Waals surface area (Å²) in [5.74, 6) is 0.548. The molecular weight excluding hydrogens is 528 g/mol. The van der Waals surface area contributed by atoms with Crippen LogP contribution in [0.3, 0.4) is 0 Å². The number of carbonyl (C=O) groups is 2. The number of ether oxygens (including phenoxy) is 1. The van der Waals surface area contributed by atoms with E-state index >= 15 is 0 Å². The van der Waals surface area contributed by atoms with Gasteiger partial charge in [-0.15, -0.1) is 0 Å². The maximum absolute atomic E-state index is 14.2. The van der Waals surface area contributed by atoms with Crippen molar-refractivity contribution in [3.05, 3.63) is 87.1 Å². The van der Waals surface area contributed by atoms with E-state index in [0.717, 1.165) is 0 Å². The normalized spacial score (nSPS) is 19.2. The third-order valence-corrected chi connectivity index (χ3v) is 6.57. The number of nitrogens with one attached hydrogen (secondary N) is 1. The molecule has 0 bridgehead atoms. The summed E-state index contributed by atoms with van der Waals surface area (Å²) in [5.41, 5.74) is 0.923. The number of nitrogens with zero attached hydrogens (tertiary/aromatic N) is 5. The Labute approximate surface area is 228 Å². The van der Waals surface area contributed by atoms with E-state index in [1.165, 1.54) is 40.6 Å². The molecule has 1 saturated heterocycles. The van der Waals surface area contributed by atoms with Crippen molar-refractivity contribution in [1.82, 2.24) is 20.1 Å². The van der Waals surface area contributed by atoms with Crippen LogP contribution >= 0.6 is 11.6 Å². The van der Waals surface area contributed by atoms with Crippen LogP contribution in [0, 0.1) is 10.1 Å². The Morgan fingerprint density at radius 2 is 2.03 bits per heavy atom. The second-order valence-electron chi connectivity index (χ2n) is 9.33. The summed E-state index contributed by atoms with van der Waals surface area (Å²) in [5, 5.41) is 14.8. The topological polar surface area (TPSA) is 143 Å². The average molecular weight is 553 g/mol. The van der Waals surface area contributed by atoms with Crippen LogP contribution in [0.5, 0.6) is 5.75 Å². The smallest absolute Gasteiger partial charge is 0.326 e. The molecule has 1 aromatic heterocycles. The van der Waals surface area contributed by atoms with Gasteiger partial charge in [0.1, 0.15) is 24.2 Å². The minimum atomic E-state index is -0.715. The number of amidine groups is 1. The van der Waals surface area contributed by atoms with E-state index in [0.29, 0.717) is 35.0 Å². The van der Waals surface area contributed by atoms with Gasteiger partial charge in [0.15, 0.2) is 12.2 Å². The van der Waals surface area contributed by atoms with Gasteiger partial charge >= 0.3 is 6.03 Å². The van der Waals surface area contributed by atoms with Gasteiger partial charge in [0.05, 0.1) is 34.9 Å². The first-order chi connectivity index (χ1) is 18.7. The Balaban J connectivity index is 1.70. The maximum atomic E-state index is 14.2. The molecule has 3 heterocycles. The molecule has 12 nitrogen and oxygen atoms in total. The molecule has 1 N–H and O–H groups in total. The highest BCUT2D eigenvalue weighted by Crippen LogP contribution is 2.45. The van der Waals surface area contributed by atoms with Crippen LogP contribution in [0.1, 0.15) is 42.8 Å². The van der Waals surface area contributed by atoms with Gasteiger partial charge < -0.3 is 19.4 Å². The van der Waals surface area contributed by atoms with E-state index < -0.39 is 23.0 Å². The predicted molar refractivity (Wildman–Crippen MR) is 141 cm³/mol. The molecule has 2 aromatic carbocycles.